The number of hydrogen-bond acceptors (Lipinski definition) is 4. The largest absolute Gasteiger partial charge is 0.455 e. The number of aromatic nitrogens is 3. The maximum Gasteiger partial charge on any atom is 0.164 e. The van der Waals surface area contributed by atoms with Crippen molar-refractivity contribution in [3.8, 4) is 45.3 Å². The van der Waals surface area contributed by atoms with Crippen LogP contribution in [0, 0.1) is 0 Å². The van der Waals surface area contributed by atoms with Crippen LogP contribution in [0.25, 0.3) is 88.8 Å². The molecule has 0 radical (unpaired) electrons. The molecule has 7 aromatic carbocycles. The average Bonchev–Trinajstić information content (AvgIpc) is 3.52. The van der Waals surface area contributed by atoms with E-state index in [0.717, 1.165) is 65.9 Å². The van der Waals surface area contributed by atoms with Gasteiger partial charge in [0.05, 0.1) is 0 Å². The number of rotatable bonds is 4. The van der Waals surface area contributed by atoms with E-state index in [-0.39, 0.29) is 0 Å². The third-order valence-corrected chi connectivity index (χ3v) is 8.50. The fourth-order valence-electron chi connectivity index (χ4n) is 6.36. The molecule has 4 heteroatoms. The van der Waals surface area contributed by atoms with E-state index in [2.05, 4.69) is 103 Å². The Labute approximate surface area is 259 Å². The first-order valence-corrected chi connectivity index (χ1v) is 15.0. The lowest BCUT2D eigenvalue weighted by Gasteiger charge is -2.11. The van der Waals surface area contributed by atoms with E-state index in [1.54, 1.807) is 0 Å². The highest BCUT2D eigenvalue weighted by atomic mass is 16.3. The van der Waals surface area contributed by atoms with Gasteiger partial charge in [-0.05, 0) is 45.5 Å². The molecule has 0 amide bonds. The van der Waals surface area contributed by atoms with Gasteiger partial charge in [-0.1, -0.05) is 133 Å². The predicted octanol–water partition coefficient (Wildman–Crippen LogP) is 10.7. The zero-order valence-electron chi connectivity index (χ0n) is 24.2. The molecular weight excluding hydrogens is 550 g/mol. The highest BCUT2D eigenvalue weighted by Crippen LogP contribution is 2.42. The minimum absolute atomic E-state index is 0.625. The Hall–Kier alpha value is -6.13. The maximum atomic E-state index is 6.48. The smallest absolute Gasteiger partial charge is 0.164 e. The quantitative estimate of drug-likeness (QED) is 0.196. The van der Waals surface area contributed by atoms with Crippen molar-refractivity contribution in [1.29, 1.82) is 0 Å². The third-order valence-electron chi connectivity index (χ3n) is 8.50. The van der Waals surface area contributed by atoms with Crippen LogP contribution in [-0.2, 0) is 0 Å². The summed E-state index contributed by atoms with van der Waals surface area (Å²) < 4.78 is 6.48. The molecule has 4 nitrogen and oxygen atoms in total. The molecule has 9 rings (SSSR count). The summed E-state index contributed by atoms with van der Waals surface area (Å²) in [7, 11) is 0. The second kappa shape index (κ2) is 10.2. The second-order valence-electron chi connectivity index (χ2n) is 11.2. The summed E-state index contributed by atoms with van der Waals surface area (Å²) in [6, 6.07) is 52.1. The molecule has 0 bridgehead atoms. The summed E-state index contributed by atoms with van der Waals surface area (Å²) in [5.74, 6) is 1.90. The minimum Gasteiger partial charge on any atom is -0.455 e. The van der Waals surface area contributed by atoms with Gasteiger partial charge in [0.25, 0.3) is 0 Å². The minimum atomic E-state index is 0.625. The standard InChI is InChI=1S/C41H25N3O/c1-3-12-26(13-4-1)28-16-11-17-29(24-28)40-42-39(27-14-5-2-6-15-27)43-41(44-40)30-22-23-32-31-18-7-8-19-33(31)38-37(35(32)25-30)34-20-9-10-21-36(34)45-38/h1-25H. The summed E-state index contributed by atoms with van der Waals surface area (Å²) in [5.41, 5.74) is 6.84. The SMILES string of the molecule is c1ccc(-c2cccc(-c3nc(-c4ccccc4)nc(-c4ccc5c6ccccc6c6oc7ccccc7c6c5c4)n3)c2)cc1. The Balaban J connectivity index is 1.30. The Bertz CT molecular complexity index is 2540. The van der Waals surface area contributed by atoms with Crippen molar-refractivity contribution in [3.63, 3.8) is 0 Å². The van der Waals surface area contributed by atoms with Crippen LogP contribution in [0.15, 0.2) is 156 Å². The summed E-state index contributed by atoms with van der Waals surface area (Å²) in [4.78, 5) is 15.1. The van der Waals surface area contributed by atoms with Gasteiger partial charge in [-0.15, -0.1) is 0 Å². The molecule has 0 unspecified atom stereocenters. The van der Waals surface area contributed by atoms with Gasteiger partial charge >= 0.3 is 0 Å². The fourth-order valence-corrected chi connectivity index (χ4v) is 6.36. The number of benzene rings is 7. The Kier molecular flexibility index (Phi) is 5.78. The first-order chi connectivity index (χ1) is 22.3. The maximum absolute atomic E-state index is 6.48. The lowest BCUT2D eigenvalue weighted by atomic mass is 9.95. The zero-order chi connectivity index (χ0) is 29.7. The van der Waals surface area contributed by atoms with Crippen LogP contribution in [0.2, 0.25) is 0 Å². The average molecular weight is 576 g/mol. The van der Waals surface area contributed by atoms with E-state index < -0.39 is 0 Å². The molecule has 0 aliphatic heterocycles. The van der Waals surface area contributed by atoms with Crippen LogP contribution in [-0.4, -0.2) is 15.0 Å². The lowest BCUT2D eigenvalue weighted by molar-refractivity contribution is 0.673. The van der Waals surface area contributed by atoms with Gasteiger partial charge in [0, 0.05) is 32.8 Å². The Morgan fingerprint density at radius 3 is 1.62 bits per heavy atom. The van der Waals surface area contributed by atoms with Crippen LogP contribution >= 0.6 is 0 Å². The molecule has 9 aromatic rings. The Morgan fingerprint density at radius 1 is 0.333 bits per heavy atom. The summed E-state index contributed by atoms with van der Waals surface area (Å²) >= 11 is 0. The van der Waals surface area contributed by atoms with E-state index in [9.17, 15) is 0 Å². The highest BCUT2D eigenvalue weighted by Gasteiger charge is 2.18. The molecule has 45 heavy (non-hydrogen) atoms. The van der Waals surface area contributed by atoms with Crippen molar-refractivity contribution in [3.05, 3.63) is 152 Å². The van der Waals surface area contributed by atoms with Crippen LogP contribution < -0.4 is 0 Å². The summed E-state index contributed by atoms with van der Waals surface area (Å²) in [5, 5.41) is 6.75. The molecule has 0 saturated heterocycles. The van der Waals surface area contributed by atoms with E-state index in [4.69, 9.17) is 19.4 Å². The molecule has 2 heterocycles. The van der Waals surface area contributed by atoms with Gasteiger partial charge in [-0.3, -0.25) is 0 Å². The molecule has 0 aliphatic rings. The van der Waals surface area contributed by atoms with Crippen molar-refractivity contribution in [2.45, 2.75) is 0 Å². The molecule has 210 valence electrons. The molecule has 0 atom stereocenters. The molecule has 0 N–H and O–H groups in total. The van der Waals surface area contributed by atoms with E-state index in [1.165, 1.54) is 5.39 Å². The summed E-state index contributed by atoms with van der Waals surface area (Å²) in [6.45, 7) is 0. The number of hydrogen-bond donors (Lipinski definition) is 0. The van der Waals surface area contributed by atoms with Crippen molar-refractivity contribution in [2.24, 2.45) is 0 Å². The van der Waals surface area contributed by atoms with Gasteiger partial charge in [0.2, 0.25) is 0 Å². The van der Waals surface area contributed by atoms with Crippen LogP contribution in [0.4, 0.5) is 0 Å². The molecule has 0 spiro atoms. The molecular formula is C41H25N3O. The number of para-hydroxylation sites is 1. The fraction of sp³-hybridized carbons (Fsp3) is 0. The molecule has 2 aromatic heterocycles. The van der Waals surface area contributed by atoms with Crippen molar-refractivity contribution >= 4 is 43.5 Å². The van der Waals surface area contributed by atoms with E-state index >= 15 is 0 Å². The van der Waals surface area contributed by atoms with Crippen LogP contribution in [0.5, 0.6) is 0 Å². The lowest BCUT2D eigenvalue weighted by Crippen LogP contribution is -2.00. The van der Waals surface area contributed by atoms with Crippen molar-refractivity contribution in [2.75, 3.05) is 0 Å². The van der Waals surface area contributed by atoms with E-state index in [0.29, 0.717) is 17.5 Å². The predicted molar refractivity (Wildman–Crippen MR) is 184 cm³/mol. The first kappa shape index (κ1) is 25.4. The summed E-state index contributed by atoms with van der Waals surface area (Å²) in [6.07, 6.45) is 0. The van der Waals surface area contributed by atoms with Gasteiger partial charge in [0.15, 0.2) is 17.5 Å². The van der Waals surface area contributed by atoms with Crippen molar-refractivity contribution in [1.82, 2.24) is 15.0 Å². The first-order valence-electron chi connectivity index (χ1n) is 15.0. The van der Waals surface area contributed by atoms with Gasteiger partial charge in [-0.2, -0.15) is 0 Å². The van der Waals surface area contributed by atoms with Crippen LogP contribution in [0.3, 0.4) is 0 Å². The number of fused-ring (bicyclic) bond motifs is 8. The monoisotopic (exact) mass is 575 g/mol. The highest BCUT2D eigenvalue weighted by molar-refractivity contribution is 6.30. The van der Waals surface area contributed by atoms with Crippen molar-refractivity contribution < 1.29 is 4.42 Å². The molecule has 0 aliphatic carbocycles. The third kappa shape index (κ3) is 4.27. The topological polar surface area (TPSA) is 51.8 Å². The zero-order valence-corrected chi connectivity index (χ0v) is 24.2. The Morgan fingerprint density at radius 2 is 0.867 bits per heavy atom. The normalized spacial score (nSPS) is 11.6. The van der Waals surface area contributed by atoms with Crippen LogP contribution in [0.1, 0.15) is 0 Å². The number of furan rings is 1. The van der Waals surface area contributed by atoms with Gasteiger partial charge < -0.3 is 4.42 Å². The second-order valence-corrected chi connectivity index (χ2v) is 11.2. The van der Waals surface area contributed by atoms with Gasteiger partial charge in [0.1, 0.15) is 11.2 Å². The number of nitrogens with zero attached hydrogens (tertiary/aromatic N) is 3. The van der Waals surface area contributed by atoms with Gasteiger partial charge in [-0.25, -0.2) is 15.0 Å². The van der Waals surface area contributed by atoms with E-state index in [1.807, 2.05) is 48.5 Å². The molecule has 0 saturated carbocycles. The molecule has 0 fully saturated rings.